The predicted molar refractivity (Wildman–Crippen MR) is 57.6 cm³/mol. The van der Waals surface area contributed by atoms with Gasteiger partial charge in [0.15, 0.2) is 0 Å². The van der Waals surface area contributed by atoms with E-state index >= 15 is 0 Å². The van der Waals surface area contributed by atoms with Gasteiger partial charge in [0, 0.05) is 22.2 Å². The summed E-state index contributed by atoms with van der Waals surface area (Å²) in [6, 6.07) is 3.32. The molecule has 0 spiro atoms. The molecular formula is C11H11FN2O2. The third kappa shape index (κ3) is 1.55. The minimum Gasteiger partial charge on any atom is -0.480 e. The van der Waals surface area contributed by atoms with Crippen molar-refractivity contribution >= 4 is 16.9 Å². The van der Waals surface area contributed by atoms with Gasteiger partial charge in [-0.2, -0.15) is 0 Å². The highest BCUT2D eigenvalue weighted by Crippen LogP contribution is 2.25. The third-order valence-electron chi connectivity index (χ3n) is 2.50. The van der Waals surface area contributed by atoms with Gasteiger partial charge >= 0.3 is 5.97 Å². The molecule has 1 aromatic heterocycles. The summed E-state index contributed by atoms with van der Waals surface area (Å²) >= 11 is 0. The van der Waals surface area contributed by atoms with E-state index in [1.807, 2.05) is 0 Å². The number of aliphatic carboxylic acids is 1. The van der Waals surface area contributed by atoms with Gasteiger partial charge in [-0.1, -0.05) is 6.07 Å². The quantitative estimate of drug-likeness (QED) is 0.723. The number of nitrogens with two attached hydrogens (primary N) is 1. The van der Waals surface area contributed by atoms with Gasteiger partial charge in [-0.15, -0.1) is 0 Å². The monoisotopic (exact) mass is 222 g/mol. The van der Waals surface area contributed by atoms with E-state index in [1.165, 1.54) is 6.07 Å². The number of halogens is 1. The highest BCUT2D eigenvalue weighted by atomic mass is 19.1. The number of benzene rings is 1. The molecule has 0 saturated carbocycles. The average Bonchev–Trinajstić information content (AvgIpc) is 2.59. The lowest BCUT2D eigenvalue weighted by Crippen LogP contribution is -2.21. The third-order valence-corrected chi connectivity index (χ3v) is 2.50. The van der Waals surface area contributed by atoms with E-state index in [2.05, 4.69) is 4.98 Å². The molecule has 84 valence electrons. The molecule has 0 saturated heterocycles. The second-order valence-corrected chi connectivity index (χ2v) is 3.70. The fourth-order valence-electron chi connectivity index (χ4n) is 1.70. The number of carboxylic acid groups (broad SMARTS) is 1. The van der Waals surface area contributed by atoms with Crippen molar-refractivity contribution in [2.45, 2.75) is 13.0 Å². The molecule has 0 bridgehead atoms. The largest absolute Gasteiger partial charge is 0.480 e. The van der Waals surface area contributed by atoms with Gasteiger partial charge in [-0.05, 0) is 19.1 Å². The molecule has 0 radical (unpaired) electrons. The van der Waals surface area contributed by atoms with E-state index in [-0.39, 0.29) is 5.56 Å². The number of carbonyl (C=O) groups is 1. The fourth-order valence-corrected chi connectivity index (χ4v) is 1.70. The second kappa shape index (κ2) is 3.61. The van der Waals surface area contributed by atoms with Gasteiger partial charge in [-0.25, -0.2) is 4.39 Å². The Balaban J connectivity index is 2.64. The zero-order valence-electron chi connectivity index (χ0n) is 8.62. The van der Waals surface area contributed by atoms with Crippen LogP contribution in [0.3, 0.4) is 0 Å². The smallest absolute Gasteiger partial charge is 0.325 e. The molecule has 0 fully saturated rings. The van der Waals surface area contributed by atoms with Crippen LogP contribution in [0.15, 0.2) is 18.2 Å². The number of fused-ring (bicyclic) bond motifs is 1. The van der Waals surface area contributed by atoms with Crippen LogP contribution >= 0.6 is 0 Å². The van der Waals surface area contributed by atoms with Crippen molar-refractivity contribution in [3.05, 3.63) is 35.3 Å². The van der Waals surface area contributed by atoms with Crippen molar-refractivity contribution in [2.75, 3.05) is 0 Å². The lowest BCUT2D eigenvalue weighted by atomic mass is 10.0. The first kappa shape index (κ1) is 10.6. The van der Waals surface area contributed by atoms with Crippen LogP contribution in [-0.4, -0.2) is 16.1 Å². The molecule has 0 amide bonds. The molecule has 1 aromatic carbocycles. The second-order valence-electron chi connectivity index (χ2n) is 3.70. The van der Waals surface area contributed by atoms with Gasteiger partial charge < -0.3 is 15.8 Å². The van der Waals surface area contributed by atoms with Crippen molar-refractivity contribution in [3.63, 3.8) is 0 Å². The molecule has 4 N–H and O–H groups in total. The number of hydrogen-bond acceptors (Lipinski definition) is 2. The number of rotatable bonds is 2. The van der Waals surface area contributed by atoms with E-state index in [9.17, 15) is 9.18 Å². The Labute approximate surface area is 90.9 Å². The van der Waals surface area contributed by atoms with Crippen molar-refractivity contribution in [1.82, 2.24) is 4.98 Å². The summed E-state index contributed by atoms with van der Waals surface area (Å²) < 4.78 is 13.9. The Kier molecular flexibility index (Phi) is 2.40. The first-order chi connectivity index (χ1) is 7.50. The predicted octanol–water partition coefficient (Wildman–Crippen LogP) is 1.70. The average molecular weight is 222 g/mol. The van der Waals surface area contributed by atoms with Gasteiger partial charge in [-0.3, -0.25) is 4.79 Å². The Morgan fingerprint density at radius 2 is 2.25 bits per heavy atom. The Morgan fingerprint density at radius 3 is 2.88 bits per heavy atom. The fraction of sp³-hybridized carbons (Fsp3) is 0.182. The van der Waals surface area contributed by atoms with E-state index < -0.39 is 17.8 Å². The molecule has 1 unspecified atom stereocenters. The lowest BCUT2D eigenvalue weighted by molar-refractivity contribution is -0.138. The number of carboxylic acids is 1. The summed E-state index contributed by atoms with van der Waals surface area (Å²) in [6.07, 6.45) is 0. The minimum absolute atomic E-state index is 0.000926. The lowest BCUT2D eigenvalue weighted by Gasteiger charge is -2.08. The van der Waals surface area contributed by atoms with Crippen LogP contribution in [0, 0.1) is 12.7 Å². The maximum Gasteiger partial charge on any atom is 0.325 e. The summed E-state index contributed by atoms with van der Waals surface area (Å²) in [5.74, 6) is -1.82. The standard InChI is InChI=1S/C11H11FN2O2/c1-5-4-7-8(14-5)3-2-6(9(7)12)10(13)11(15)16/h2-4,10,14H,13H2,1H3,(H,15,16). The van der Waals surface area contributed by atoms with Gasteiger partial charge in [0.05, 0.1) is 0 Å². The molecule has 2 rings (SSSR count). The topological polar surface area (TPSA) is 79.1 Å². The number of aromatic amines is 1. The Morgan fingerprint density at radius 1 is 1.56 bits per heavy atom. The van der Waals surface area contributed by atoms with Crippen molar-refractivity contribution in [2.24, 2.45) is 5.73 Å². The van der Waals surface area contributed by atoms with Crippen molar-refractivity contribution < 1.29 is 14.3 Å². The molecule has 0 aliphatic rings. The van der Waals surface area contributed by atoms with E-state index in [1.54, 1.807) is 19.1 Å². The first-order valence-electron chi connectivity index (χ1n) is 4.77. The highest BCUT2D eigenvalue weighted by molar-refractivity contribution is 5.84. The number of hydrogen-bond donors (Lipinski definition) is 3. The summed E-state index contributed by atoms with van der Waals surface area (Å²) in [7, 11) is 0. The summed E-state index contributed by atoms with van der Waals surface area (Å²) in [4.78, 5) is 13.7. The highest BCUT2D eigenvalue weighted by Gasteiger charge is 2.20. The molecule has 0 aliphatic carbocycles. The molecule has 0 aliphatic heterocycles. The maximum absolute atomic E-state index is 13.9. The maximum atomic E-state index is 13.9. The van der Waals surface area contributed by atoms with Crippen LogP contribution in [0.2, 0.25) is 0 Å². The van der Waals surface area contributed by atoms with Gasteiger partial charge in [0.25, 0.3) is 0 Å². The van der Waals surface area contributed by atoms with Crippen LogP contribution in [0.4, 0.5) is 4.39 Å². The number of aryl methyl sites for hydroxylation is 1. The van der Waals surface area contributed by atoms with Gasteiger partial charge in [0.2, 0.25) is 0 Å². The van der Waals surface area contributed by atoms with E-state index in [4.69, 9.17) is 10.8 Å². The molecule has 16 heavy (non-hydrogen) atoms. The van der Waals surface area contributed by atoms with Crippen molar-refractivity contribution in [1.29, 1.82) is 0 Å². The Bertz CT molecular complexity index is 562. The molecular weight excluding hydrogens is 211 g/mol. The van der Waals surface area contributed by atoms with E-state index in [0.29, 0.717) is 10.9 Å². The van der Waals surface area contributed by atoms with Crippen LogP contribution in [0.5, 0.6) is 0 Å². The summed E-state index contributed by atoms with van der Waals surface area (Å²) in [5.41, 5.74) is 6.84. The number of nitrogens with one attached hydrogen (secondary N) is 1. The van der Waals surface area contributed by atoms with Crippen LogP contribution in [0.25, 0.3) is 10.9 Å². The zero-order valence-corrected chi connectivity index (χ0v) is 8.62. The van der Waals surface area contributed by atoms with Gasteiger partial charge in [0.1, 0.15) is 11.9 Å². The zero-order chi connectivity index (χ0) is 11.9. The Hall–Kier alpha value is -1.88. The molecule has 2 aromatic rings. The molecule has 1 heterocycles. The number of H-pyrrole nitrogens is 1. The van der Waals surface area contributed by atoms with Crippen LogP contribution < -0.4 is 5.73 Å². The summed E-state index contributed by atoms with van der Waals surface area (Å²) in [5, 5.41) is 9.10. The van der Waals surface area contributed by atoms with Crippen LogP contribution in [0.1, 0.15) is 17.3 Å². The van der Waals surface area contributed by atoms with Crippen LogP contribution in [-0.2, 0) is 4.79 Å². The van der Waals surface area contributed by atoms with E-state index in [0.717, 1.165) is 5.69 Å². The molecule has 4 nitrogen and oxygen atoms in total. The normalized spacial score (nSPS) is 12.9. The summed E-state index contributed by atoms with van der Waals surface area (Å²) in [6.45, 7) is 1.80. The van der Waals surface area contributed by atoms with Crippen molar-refractivity contribution in [3.8, 4) is 0 Å². The number of aromatic nitrogens is 1. The molecule has 1 atom stereocenters. The SMILES string of the molecule is Cc1cc2c(F)c(C(N)C(=O)O)ccc2[nH]1. The molecule has 5 heteroatoms. The minimum atomic E-state index is -1.33. The first-order valence-corrected chi connectivity index (χ1v) is 4.77.